The number of methoxy groups -OCH3 is 1. The predicted octanol–water partition coefficient (Wildman–Crippen LogP) is 1.97. The quantitative estimate of drug-likeness (QED) is 0.752. The van der Waals surface area contributed by atoms with Crippen LogP contribution in [-0.2, 0) is 9.47 Å². The molecule has 2 bridgehead atoms. The van der Waals surface area contributed by atoms with Crippen molar-refractivity contribution in [3.8, 4) is 0 Å². The maximum absolute atomic E-state index is 10.6. The molecule has 5 atom stereocenters. The van der Waals surface area contributed by atoms with E-state index in [-0.39, 0.29) is 11.5 Å². The van der Waals surface area contributed by atoms with Gasteiger partial charge in [0.05, 0.1) is 7.11 Å². The van der Waals surface area contributed by atoms with Crippen molar-refractivity contribution in [3.05, 3.63) is 34.8 Å². The summed E-state index contributed by atoms with van der Waals surface area (Å²) in [5.74, 6) is 2.39. The lowest BCUT2D eigenvalue weighted by molar-refractivity contribution is -0.0799. The molecule has 0 radical (unpaired) electrons. The SMILES string of the molecule is COC1=C2O[C@H]3[C@@H](O)C=C[C@H]4C5CC(=C2C43CCN5C)CC1. The van der Waals surface area contributed by atoms with Crippen LogP contribution in [0.25, 0.3) is 0 Å². The molecule has 1 N–H and O–H groups in total. The Morgan fingerprint density at radius 2 is 2.23 bits per heavy atom. The van der Waals surface area contributed by atoms with Gasteiger partial charge < -0.3 is 19.5 Å². The second-order valence-corrected chi connectivity index (χ2v) is 7.42. The van der Waals surface area contributed by atoms with Crippen molar-refractivity contribution in [3.63, 3.8) is 0 Å². The van der Waals surface area contributed by atoms with E-state index in [2.05, 4.69) is 18.0 Å². The van der Waals surface area contributed by atoms with Crippen molar-refractivity contribution >= 4 is 0 Å². The van der Waals surface area contributed by atoms with Gasteiger partial charge in [0.2, 0.25) is 0 Å². The molecule has 2 fully saturated rings. The van der Waals surface area contributed by atoms with Gasteiger partial charge in [-0.1, -0.05) is 17.7 Å². The number of likely N-dealkylation sites (tertiary alicyclic amines) is 1. The lowest BCUT2D eigenvalue weighted by Crippen LogP contribution is -2.61. The van der Waals surface area contributed by atoms with E-state index in [1.54, 1.807) is 12.7 Å². The minimum Gasteiger partial charge on any atom is -0.497 e. The summed E-state index contributed by atoms with van der Waals surface area (Å²) >= 11 is 0. The number of nitrogens with zero attached hydrogens (tertiary/aromatic N) is 1. The van der Waals surface area contributed by atoms with Gasteiger partial charge in [-0.2, -0.15) is 0 Å². The molecule has 2 heterocycles. The van der Waals surface area contributed by atoms with E-state index < -0.39 is 6.10 Å². The zero-order valence-corrected chi connectivity index (χ0v) is 13.2. The van der Waals surface area contributed by atoms with E-state index >= 15 is 0 Å². The third-order valence-electron chi connectivity index (χ3n) is 6.69. The van der Waals surface area contributed by atoms with Crippen LogP contribution in [0.2, 0.25) is 0 Å². The van der Waals surface area contributed by atoms with Crippen LogP contribution in [0.1, 0.15) is 25.7 Å². The van der Waals surface area contributed by atoms with Crippen LogP contribution in [0.15, 0.2) is 34.8 Å². The Bertz CT molecular complexity index is 634. The number of allylic oxidation sites excluding steroid dienone is 2. The molecule has 22 heavy (non-hydrogen) atoms. The molecular weight excluding hydrogens is 278 g/mol. The highest BCUT2D eigenvalue weighted by atomic mass is 16.5. The van der Waals surface area contributed by atoms with Gasteiger partial charge in [0, 0.05) is 29.4 Å². The summed E-state index contributed by atoms with van der Waals surface area (Å²) in [4.78, 5) is 2.51. The average molecular weight is 301 g/mol. The van der Waals surface area contributed by atoms with Crippen molar-refractivity contribution in [2.24, 2.45) is 11.3 Å². The Morgan fingerprint density at radius 3 is 3.05 bits per heavy atom. The van der Waals surface area contributed by atoms with Crippen molar-refractivity contribution in [2.45, 2.75) is 43.9 Å². The summed E-state index contributed by atoms with van der Waals surface area (Å²) in [6.45, 7) is 1.08. The first-order valence-corrected chi connectivity index (χ1v) is 8.40. The lowest BCUT2D eigenvalue weighted by atomic mass is 9.52. The minimum absolute atomic E-state index is 0.0293. The molecule has 0 aromatic heterocycles. The number of aliphatic hydroxyl groups is 1. The molecule has 2 unspecified atom stereocenters. The molecule has 5 aliphatic rings. The van der Waals surface area contributed by atoms with Gasteiger partial charge in [0.15, 0.2) is 5.76 Å². The number of ether oxygens (including phenoxy) is 2. The van der Waals surface area contributed by atoms with E-state index in [4.69, 9.17) is 9.47 Å². The number of rotatable bonds is 1. The van der Waals surface area contributed by atoms with Gasteiger partial charge in [-0.05, 0) is 32.9 Å². The fourth-order valence-corrected chi connectivity index (χ4v) is 5.72. The van der Waals surface area contributed by atoms with Gasteiger partial charge >= 0.3 is 0 Å². The zero-order valence-electron chi connectivity index (χ0n) is 13.2. The molecule has 118 valence electrons. The topological polar surface area (TPSA) is 41.9 Å². The first kappa shape index (κ1) is 13.2. The molecule has 0 saturated carbocycles. The molecule has 0 aromatic rings. The summed E-state index contributed by atoms with van der Waals surface area (Å²) in [5.41, 5.74) is 2.92. The zero-order chi connectivity index (χ0) is 15.1. The Hall–Kier alpha value is -1.26. The van der Waals surface area contributed by atoms with Crippen molar-refractivity contribution in [1.82, 2.24) is 4.90 Å². The maximum Gasteiger partial charge on any atom is 0.161 e. The largest absolute Gasteiger partial charge is 0.497 e. The molecule has 2 saturated heterocycles. The summed E-state index contributed by atoms with van der Waals surface area (Å²) < 4.78 is 12.0. The van der Waals surface area contributed by atoms with E-state index in [1.807, 2.05) is 6.08 Å². The molecule has 2 aliphatic heterocycles. The van der Waals surface area contributed by atoms with Gasteiger partial charge in [-0.3, -0.25) is 0 Å². The van der Waals surface area contributed by atoms with Crippen molar-refractivity contribution in [1.29, 1.82) is 0 Å². The normalized spacial score (nSPS) is 45.8. The van der Waals surface area contributed by atoms with Crippen LogP contribution in [0.3, 0.4) is 0 Å². The third-order valence-corrected chi connectivity index (χ3v) is 6.69. The molecule has 0 amide bonds. The van der Waals surface area contributed by atoms with Crippen LogP contribution in [0, 0.1) is 11.3 Å². The Labute approximate surface area is 131 Å². The first-order valence-electron chi connectivity index (χ1n) is 8.40. The Morgan fingerprint density at radius 1 is 1.36 bits per heavy atom. The number of hydrogen-bond donors (Lipinski definition) is 1. The molecule has 0 aromatic carbocycles. The maximum atomic E-state index is 10.6. The lowest BCUT2D eigenvalue weighted by Gasteiger charge is -2.56. The second kappa shape index (κ2) is 4.18. The van der Waals surface area contributed by atoms with Crippen molar-refractivity contribution < 1.29 is 14.6 Å². The fourth-order valence-electron chi connectivity index (χ4n) is 5.72. The summed E-state index contributed by atoms with van der Waals surface area (Å²) in [7, 11) is 3.98. The molecule has 5 rings (SSSR count). The van der Waals surface area contributed by atoms with E-state index in [9.17, 15) is 5.11 Å². The van der Waals surface area contributed by atoms with Crippen molar-refractivity contribution in [2.75, 3.05) is 20.7 Å². The van der Waals surface area contributed by atoms with Crippen LogP contribution in [0.5, 0.6) is 0 Å². The number of piperidine rings is 1. The minimum atomic E-state index is -0.511. The second-order valence-electron chi connectivity index (χ2n) is 7.42. The standard InChI is InChI=1S/C18H23NO3/c1-19-8-7-18-11-4-5-13(20)17(18)22-16-14(21-2)6-3-10(15(16)18)9-12(11)19/h4-5,11-13,17,20H,3,6-9H2,1-2H3/t11-,12?,13-,17-,18?/m0/s1. The summed E-state index contributed by atoms with van der Waals surface area (Å²) in [6.07, 6.45) is 7.78. The van der Waals surface area contributed by atoms with Gasteiger partial charge in [-0.25, -0.2) is 0 Å². The van der Waals surface area contributed by atoms with E-state index in [1.165, 1.54) is 5.57 Å². The summed E-state index contributed by atoms with van der Waals surface area (Å²) in [5, 5.41) is 10.6. The smallest absolute Gasteiger partial charge is 0.161 e. The number of hydrogen-bond acceptors (Lipinski definition) is 4. The Kier molecular flexibility index (Phi) is 2.51. The highest BCUT2D eigenvalue weighted by Crippen LogP contribution is 2.65. The van der Waals surface area contributed by atoms with Gasteiger partial charge in [-0.15, -0.1) is 0 Å². The van der Waals surface area contributed by atoms with Crippen LogP contribution in [-0.4, -0.2) is 49.0 Å². The monoisotopic (exact) mass is 301 g/mol. The average Bonchev–Trinajstić information content (AvgIpc) is 2.88. The van der Waals surface area contributed by atoms with Crippen LogP contribution in [0.4, 0.5) is 0 Å². The van der Waals surface area contributed by atoms with Crippen LogP contribution >= 0.6 is 0 Å². The Balaban J connectivity index is 1.78. The predicted molar refractivity (Wildman–Crippen MR) is 81.9 cm³/mol. The van der Waals surface area contributed by atoms with Gasteiger partial charge in [0.1, 0.15) is 18.0 Å². The van der Waals surface area contributed by atoms with Crippen LogP contribution < -0.4 is 0 Å². The van der Waals surface area contributed by atoms with E-state index in [0.29, 0.717) is 12.0 Å². The van der Waals surface area contributed by atoms with E-state index in [0.717, 1.165) is 43.7 Å². The number of aliphatic hydroxyl groups excluding tert-OH is 1. The highest BCUT2D eigenvalue weighted by molar-refractivity contribution is 5.52. The molecule has 3 aliphatic carbocycles. The molecule has 4 heteroatoms. The highest BCUT2D eigenvalue weighted by Gasteiger charge is 2.65. The molecule has 4 nitrogen and oxygen atoms in total. The third kappa shape index (κ3) is 1.32. The first-order chi connectivity index (χ1) is 10.7. The van der Waals surface area contributed by atoms with Gasteiger partial charge in [0.25, 0.3) is 0 Å². The molecular formula is C18H23NO3. The molecule has 1 spiro atoms. The summed E-state index contributed by atoms with van der Waals surface area (Å²) in [6, 6.07) is 0.547. The fraction of sp³-hybridized carbons (Fsp3) is 0.667.